The van der Waals surface area contributed by atoms with Gasteiger partial charge in [-0.05, 0) is 37.4 Å². The Bertz CT molecular complexity index is 400. The van der Waals surface area contributed by atoms with Crippen molar-refractivity contribution in [1.82, 2.24) is 4.90 Å². The molecule has 0 aliphatic carbocycles. The molecule has 2 N–H and O–H groups in total. The predicted molar refractivity (Wildman–Crippen MR) is 79.2 cm³/mol. The van der Waals surface area contributed by atoms with Gasteiger partial charge in [-0.25, -0.2) is 0 Å². The highest BCUT2D eigenvalue weighted by atomic mass is 16.5. The number of nitrogens with two attached hydrogens (primary N) is 1. The average Bonchev–Trinajstić information content (AvgIpc) is 2.41. The quantitative estimate of drug-likeness (QED) is 0.905. The Morgan fingerprint density at radius 2 is 2.00 bits per heavy atom. The van der Waals surface area contributed by atoms with Crippen molar-refractivity contribution in [3.8, 4) is 0 Å². The van der Waals surface area contributed by atoms with Crippen LogP contribution in [-0.4, -0.2) is 36.7 Å². The summed E-state index contributed by atoms with van der Waals surface area (Å²) in [6.07, 6.45) is 0. The van der Waals surface area contributed by atoms with E-state index >= 15 is 0 Å². The molecule has 1 unspecified atom stereocenters. The van der Waals surface area contributed by atoms with E-state index in [1.807, 2.05) is 0 Å². The summed E-state index contributed by atoms with van der Waals surface area (Å²) in [5.41, 5.74) is 8.52. The first-order chi connectivity index (χ1) is 9.03. The minimum Gasteiger partial charge on any atom is -0.378 e. The number of benzene rings is 1. The van der Waals surface area contributed by atoms with Crippen LogP contribution in [0.5, 0.6) is 0 Å². The fraction of sp³-hybridized carbons (Fsp3) is 0.625. The summed E-state index contributed by atoms with van der Waals surface area (Å²) < 4.78 is 5.56. The highest BCUT2D eigenvalue weighted by molar-refractivity contribution is 5.25. The van der Waals surface area contributed by atoms with Crippen molar-refractivity contribution in [2.24, 2.45) is 5.73 Å². The fourth-order valence-electron chi connectivity index (χ4n) is 2.49. The lowest BCUT2D eigenvalue weighted by atomic mass is 9.98. The lowest BCUT2D eigenvalue weighted by Crippen LogP contribution is -2.52. The second kappa shape index (κ2) is 6.04. The Labute approximate surface area is 116 Å². The molecule has 0 radical (unpaired) electrons. The van der Waals surface area contributed by atoms with E-state index < -0.39 is 0 Å². The molecule has 1 atom stereocenters. The molecule has 0 saturated carbocycles. The molecule has 3 heteroatoms. The van der Waals surface area contributed by atoms with E-state index in [1.54, 1.807) is 0 Å². The monoisotopic (exact) mass is 262 g/mol. The zero-order chi connectivity index (χ0) is 13.9. The van der Waals surface area contributed by atoms with Crippen molar-refractivity contribution < 1.29 is 4.74 Å². The molecule has 1 saturated heterocycles. The molecule has 0 amide bonds. The zero-order valence-electron chi connectivity index (χ0n) is 12.4. The Balaban J connectivity index is 2.03. The number of hydrogen-bond donors (Lipinski definition) is 1. The lowest BCUT2D eigenvalue weighted by Gasteiger charge is -2.42. The van der Waals surface area contributed by atoms with Crippen molar-refractivity contribution in [1.29, 1.82) is 0 Å². The maximum atomic E-state index is 5.70. The molecule has 106 valence electrons. The second-order valence-corrected chi connectivity index (χ2v) is 6.16. The molecule has 2 rings (SSSR count). The molecule has 1 aromatic carbocycles. The van der Waals surface area contributed by atoms with Crippen LogP contribution in [0.3, 0.4) is 0 Å². The standard InChI is InChI=1S/C16H26N2O/c1-13(10-17)15-6-4-14(5-7-15)11-18-8-9-19-12-16(18,2)3/h4-7,13H,8-12,17H2,1-3H3. The zero-order valence-corrected chi connectivity index (χ0v) is 12.4. The van der Waals surface area contributed by atoms with E-state index in [0.29, 0.717) is 12.5 Å². The van der Waals surface area contributed by atoms with Gasteiger partial charge in [0.1, 0.15) is 0 Å². The second-order valence-electron chi connectivity index (χ2n) is 6.16. The van der Waals surface area contributed by atoms with Crippen LogP contribution >= 0.6 is 0 Å². The van der Waals surface area contributed by atoms with Gasteiger partial charge < -0.3 is 10.5 Å². The highest BCUT2D eigenvalue weighted by Gasteiger charge is 2.30. The molecular formula is C16H26N2O. The highest BCUT2D eigenvalue weighted by Crippen LogP contribution is 2.22. The minimum atomic E-state index is 0.126. The van der Waals surface area contributed by atoms with E-state index in [-0.39, 0.29) is 5.54 Å². The van der Waals surface area contributed by atoms with Crippen molar-refractivity contribution in [3.05, 3.63) is 35.4 Å². The van der Waals surface area contributed by atoms with Gasteiger partial charge in [-0.1, -0.05) is 31.2 Å². The van der Waals surface area contributed by atoms with Gasteiger partial charge in [-0.3, -0.25) is 4.90 Å². The first kappa shape index (κ1) is 14.5. The van der Waals surface area contributed by atoms with Crippen LogP contribution in [0.1, 0.15) is 37.8 Å². The summed E-state index contributed by atoms with van der Waals surface area (Å²) >= 11 is 0. The summed E-state index contributed by atoms with van der Waals surface area (Å²) in [7, 11) is 0. The third-order valence-electron chi connectivity index (χ3n) is 4.09. The topological polar surface area (TPSA) is 38.5 Å². The molecule has 1 heterocycles. The number of nitrogens with zero attached hydrogens (tertiary/aromatic N) is 1. The van der Waals surface area contributed by atoms with Crippen molar-refractivity contribution >= 4 is 0 Å². The Kier molecular flexibility index (Phi) is 4.61. The number of rotatable bonds is 4. The normalized spacial score (nSPS) is 21.3. The minimum absolute atomic E-state index is 0.126. The number of morpholine rings is 1. The summed E-state index contributed by atoms with van der Waals surface area (Å²) in [6, 6.07) is 8.88. The summed E-state index contributed by atoms with van der Waals surface area (Å²) in [5.74, 6) is 0.439. The van der Waals surface area contributed by atoms with Gasteiger partial charge in [-0.2, -0.15) is 0 Å². The molecular weight excluding hydrogens is 236 g/mol. The van der Waals surface area contributed by atoms with E-state index in [1.165, 1.54) is 11.1 Å². The van der Waals surface area contributed by atoms with Crippen LogP contribution in [0.4, 0.5) is 0 Å². The number of hydrogen-bond acceptors (Lipinski definition) is 3. The molecule has 3 nitrogen and oxygen atoms in total. The van der Waals surface area contributed by atoms with Gasteiger partial charge >= 0.3 is 0 Å². The number of ether oxygens (including phenoxy) is 1. The van der Waals surface area contributed by atoms with Crippen LogP contribution in [0.15, 0.2) is 24.3 Å². The van der Waals surface area contributed by atoms with Crippen LogP contribution in [0.25, 0.3) is 0 Å². The third-order valence-corrected chi connectivity index (χ3v) is 4.09. The summed E-state index contributed by atoms with van der Waals surface area (Å²) in [6.45, 7) is 11.0. The van der Waals surface area contributed by atoms with Gasteiger partial charge in [-0.15, -0.1) is 0 Å². The van der Waals surface area contributed by atoms with Crippen LogP contribution in [-0.2, 0) is 11.3 Å². The molecule has 1 aliphatic rings. The van der Waals surface area contributed by atoms with Gasteiger partial charge in [0, 0.05) is 18.6 Å². The third kappa shape index (κ3) is 3.56. The van der Waals surface area contributed by atoms with Crippen LogP contribution in [0, 0.1) is 0 Å². The van der Waals surface area contributed by atoms with E-state index in [9.17, 15) is 0 Å². The van der Waals surface area contributed by atoms with Crippen molar-refractivity contribution in [2.45, 2.75) is 38.8 Å². The average molecular weight is 262 g/mol. The van der Waals surface area contributed by atoms with Crippen LogP contribution < -0.4 is 5.73 Å². The SMILES string of the molecule is CC(CN)c1ccc(CN2CCOCC2(C)C)cc1. The van der Waals surface area contributed by atoms with Crippen LogP contribution in [0.2, 0.25) is 0 Å². The van der Waals surface area contributed by atoms with Gasteiger partial charge in [0.25, 0.3) is 0 Å². The van der Waals surface area contributed by atoms with Crippen molar-refractivity contribution in [3.63, 3.8) is 0 Å². The lowest BCUT2D eigenvalue weighted by molar-refractivity contribution is -0.0552. The van der Waals surface area contributed by atoms with Gasteiger partial charge in [0.2, 0.25) is 0 Å². The molecule has 1 aromatic rings. The van der Waals surface area contributed by atoms with E-state index in [4.69, 9.17) is 10.5 Å². The van der Waals surface area contributed by atoms with Crippen molar-refractivity contribution in [2.75, 3.05) is 26.3 Å². The van der Waals surface area contributed by atoms with E-state index in [2.05, 4.69) is 49.9 Å². The summed E-state index contributed by atoms with van der Waals surface area (Å²) in [4.78, 5) is 2.50. The van der Waals surface area contributed by atoms with Gasteiger partial charge in [0.15, 0.2) is 0 Å². The molecule has 0 spiro atoms. The summed E-state index contributed by atoms with van der Waals surface area (Å²) in [5, 5.41) is 0. The Hall–Kier alpha value is -0.900. The molecule has 0 aromatic heterocycles. The predicted octanol–water partition coefficient (Wildman–Crippen LogP) is 2.36. The smallest absolute Gasteiger partial charge is 0.0645 e. The van der Waals surface area contributed by atoms with E-state index in [0.717, 1.165) is 26.3 Å². The first-order valence-corrected chi connectivity index (χ1v) is 7.14. The Morgan fingerprint density at radius 1 is 1.32 bits per heavy atom. The molecule has 19 heavy (non-hydrogen) atoms. The maximum absolute atomic E-state index is 5.70. The molecule has 0 bridgehead atoms. The fourth-order valence-corrected chi connectivity index (χ4v) is 2.49. The molecule has 1 fully saturated rings. The first-order valence-electron chi connectivity index (χ1n) is 7.14. The maximum Gasteiger partial charge on any atom is 0.0645 e. The largest absolute Gasteiger partial charge is 0.378 e. The molecule has 1 aliphatic heterocycles. The Morgan fingerprint density at radius 3 is 2.58 bits per heavy atom. The van der Waals surface area contributed by atoms with Gasteiger partial charge in [0.05, 0.1) is 13.2 Å².